The minimum absolute atomic E-state index is 0.242. The molecule has 2 aromatic heterocycles. The van der Waals surface area contributed by atoms with E-state index in [2.05, 4.69) is 10.4 Å². The lowest BCUT2D eigenvalue weighted by molar-refractivity contribution is 0.0935. The highest BCUT2D eigenvalue weighted by Crippen LogP contribution is 2.24. The van der Waals surface area contributed by atoms with Crippen LogP contribution < -0.4 is 5.32 Å². The highest BCUT2D eigenvalue weighted by molar-refractivity contribution is 5.95. The van der Waals surface area contributed by atoms with Crippen molar-refractivity contribution in [2.24, 2.45) is 0 Å². The standard InChI is InChI=1S/C21H18FN3O2/c1-13(20-11-15-5-3-4-6-19(15)27-20)24-21(26)18-12-23-25(14(18)2)17-9-7-16(22)8-10-17/h3-13H,1-2H3,(H,24,26). The van der Waals surface area contributed by atoms with Gasteiger partial charge in [-0.3, -0.25) is 4.79 Å². The molecule has 0 aliphatic carbocycles. The zero-order valence-corrected chi connectivity index (χ0v) is 14.9. The summed E-state index contributed by atoms with van der Waals surface area (Å²) in [6.45, 7) is 3.67. The molecular formula is C21H18FN3O2. The molecule has 27 heavy (non-hydrogen) atoms. The predicted molar refractivity (Wildman–Crippen MR) is 100 cm³/mol. The summed E-state index contributed by atoms with van der Waals surface area (Å²) in [6, 6.07) is 15.3. The second-order valence-electron chi connectivity index (χ2n) is 6.41. The van der Waals surface area contributed by atoms with Crippen molar-refractivity contribution in [1.29, 1.82) is 0 Å². The molecule has 1 N–H and O–H groups in total. The highest BCUT2D eigenvalue weighted by atomic mass is 19.1. The van der Waals surface area contributed by atoms with E-state index >= 15 is 0 Å². The third kappa shape index (κ3) is 3.21. The Bertz CT molecular complexity index is 1080. The second kappa shape index (κ2) is 6.72. The molecule has 4 rings (SSSR count). The molecular weight excluding hydrogens is 345 g/mol. The van der Waals surface area contributed by atoms with Crippen molar-refractivity contribution in [2.75, 3.05) is 0 Å². The quantitative estimate of drug-likeness (QED) is 0.578. The molecule has 1 amide bonds. The summed E-state index contributed by atoms with van der Waals surface area (Å²) in [5, 5.41) is 8.20. The lowest BCUT2D eigenvalue weighted by Crippen LogP contribution is -2.26. The van der Waals surface area contributed by atoms with Crippen molar-refractivity contribution in [1.82, 2.24) is 15.1 Å². The topological polar surface area (TPSA) is 60.1 Å². The van der Waals surface area contributed by atoms with Crippen LogP contribution in [0.3, 0.4) is 0 Å². The van der Waals surface area contributed by atoms with Crippen LogP contribution in [0.5, 0.6) is 0 Å². The van der Waals surface area contributed by atoms with Crippen molar-refractivity contribution in [3.8, 4) is 5.69 Å². The number of nitrogens with zero attached hydrogens (tertiary/aromatic N) is 2. The van der Waals surface area contributed by atoms with Gasteiger partial charge >= 0.3 is 0 Å². The molecule has 1 atom stereocenters. The fourth-order valence-corrected chi connectivity index (χ4v) is 3.04. The number of aromatic nitrogens is 2. The Morgan fingerprint density at radius 2 is 1.93 bits per heavy atom. The van der Waals surface area contributed by atoms with Crippen molar-refractivity contribution in [2.45, 2.75) is 19.9 Å². The first-order valence-corrected chi connectivity index (χ1v) is 8.63. The van der Waals surface area contributed by atoms with E-state index in [-0.39, 0.29) is 17.8 Å². The maximum absolute atomic E-state index is 13.1. The Hall–Kier alpha value is -3.41. The lowest BCUT2D eigenvalue weighted by Gasteiger charge is -2.11. The molecule has 5 nitrogen and oxygen atoms in total. The smallest absolute Gasteiger partial charge is 0.255 e. The molecule has 6 heteroatoms. The first-order chi connectivity index (χ1) is 13.0. The van der Waals surface area contributed by atoms with Crippen LogP contribution in [0.15, 0.2) is 65.2 Å². The second-order valence-corrected chi connectivity index (χ2v) is 6.41. The molecule has 2 heterocycles. The molecule has 0 fully saturated rings. The SMILES string of the molecule is Cc1c(C(=O)NC(C)c2cc3ccccc3o2)cnn1-c1ccc(F)cc1. The van der Waals surface area contributed by atoms with Gasteiger partial charge in [0.15, 0.2) is 0 Å². The minimum atomic E-state index is -0.318. The van der Waals surface area contributed by atoms with E-state index in [0.29, 0.717) is 22.7 Å². The van der Waals surface area contributed by atoms with Gasteiger partial charge in [-0.05, 0) is 50.2 Å². The maximum atomic E-state index is 13.1. The molecule has 0 saturated heterocycles. The number of para-hydroxylation sites is 1. The fraction of sp³-hybridized carbons (Fsp3) is 0.143. The normalized spacial score (nSPS) is 12.3. The van der Waals surface area contributed by atoms with Crippen LogP contribution in [0.1, 0.15) is 34.8 Å². The van der Waals surface area contributed by atoms with Gasteiger partial charge in [-0.1, -0.05) is 18.2 Å². The van der Waals surface area contributed by atoms with E-state index in [4.69, 9.17) is 4.42 Å². The van der Waals surface area contributed by atoms with Crippen LogP contribution >= 0.6 is 0 Å². The number of hydrogen-bond donors (Lipinski definition) is 1. The van der Waals surface area contributed by atoms with E-state index in [0.717, 1.165) is 11.0 Å². The Morgan fingerprint density at radius 1 is 1.19 bits per heavy atom. The summed E-state index contributed by atoms with van der Waals surface area (Å²) in [4.78, 5) is 12.7. The van der Waals surface area contributed by atoms with Gasteiger partial charge in [-0.2, -0.15) is 5.10 Å². The Balaban J connectivity index is 1.55. The van der Waals surface area contributed by atoms with Crippen LogP contribution in [0, 0.1) is 12.7 Å². The van der Waals surface area contributed by atoms with E-state index in [1.165, 1.54) is 18.3 Å². The third-order valence-corrected chi connectivity index (χ3v) is 4.54. The number of carbonyl (C=O) groups excluding carboxylic acids is 1. The van der Waals surface area contributed by atoms with Gasteiger partial charge in [-0.25, -0.2) is 9.07 Å². The highest BCUT2D eigenvalue weighted by Gasteiger charge is 2.19. The van der Waals surface area contributed by atoms with Gasteiger partial charge < -0.3 is 9.73 Å². The van der Waals surface area contributed by atoms with Crippen LogP contribution in [0.25, 0.3) is 16.7 Å². The third-order valence-electron chi connectivity index (χ3n) is 4.54. The molecule has 0 radical (unpaired) electrons. The van der Waals surface area contributed by atoms with Crippen LogP contribution in [-0.4, -0.2) is 15.7 Å². The summed E-state index contributed by atoms with van der Waals surface area (Å²) in [5.74, 6) is 0.128. The summed E-state index contributed by atoms with van der Waals surface area (Å²) >= 11 is 0. The fourth-order valence-electron chi connectivity index (χ4n) is 3.04. The van der Waals surface area contributed by atoms with Gasteiger partial charge in [0.1, 0.15) is 17.2 Å². The number of amides is 1. The lowest BCUT2D eigenvalue weighted by atomic mass is 10.2. The van der Waals surface area contributed by atoms with Gasteiger partial charge in [-0.15, -0.1) is 0 Å². The number of nitrogens with one attached hydrogen (secondary N) is 1. The van der Waals surface area contributed by atoms with E-state index in [9.17, 15) is 9.18 Å². The molecule has 1 unspecified atom stereocenters. The summed E-state index contributed by atoms with van der Waals surface area (Å²) in [6.07, 6.45) is 1.51. The first kappa shape index (κ1) is 17.0. The molecule has 4 aromatic rings. The van der Waals surface area contributed by atoms with Gasteiger partial charge in [0.05, 0.1) is 29.2 Å². The van der Waals surface area contributed by atoms with Crippen molar-refractivity contribution >= 4 is 16.9 Å². The summed E-state index contributed by atoms with van der Waals surface area (Å²) in [7, 11) is 0. The Morgan fingerprint density at radius 3 is 2.67 bits per heavy atom. The van der Waals surface area contributed by atoms with E-state index in [1.807, 2.05) is 37.3 Å². The summed E-state index contributed by atoms with van der Waals surface area (Å²) < 4.78 is 20.5. The van der Waals surface area contributed by atoms with Crippen LogP contribution in [0.4, 0.5) is 4.39 Å². The number of fused-ring (bicyclic) bond motifs is 1. The van der Waals surface area contributed by atoms with Crippen molar-refractivity contribution in [3.63, 3.8) is 0 Å². The molecule has 0 aliphatic rings. The number of hydrogen-bond acceptors (Lipinski definition) is 3. The monoisotopic (exact) mass is 363 g/mol. The minimum Gasteiger partial charge on any atom is -0.459 e. The number of carbonyl (C=O) groups is 1. The van der Waals surface area contributed by atoms with Gasteiger partial charge in [0, 0.05) is 5.39 Å². The first-order valence-electron chi connectivity index (χ1n) is 8.63. The molecule has 0 aliphatic heterocycles. The predicted octanol–water partition coefficient (Wildman–Crippen LogP) is 4.56. The molecule has 136 valence electrons. The largest absolute Gasteiger partial charge is 0.459 e. The maximum Gasteiger partial charge on any atom is 0.255 e. The number of halogens is 1. The average Bonchev–Trinajstić information content (AvgIpc) is 3.26. The van der Waals surface area contributed by atoms with E-state index in [1.54, 1.807) is 23.7 Å². The summed E-state index contributed by atoms with van der Waals surface area (Å²) in [5.41, 5.74) is 2.62. The zero-order chi connectivity index (χ0) is 19.0. The molecule has 0 saturated carbocycles. The number of benzene rings is 2. The molecule has 0 spiro atoms. The zero-order valence-electron chi connectivity index (χ0n) is 14.9. The molecule has 0 bridgehead atoms. The van der Waals surface area contributed by atoms with E-state index < -0.39 is 0 Å². The molecule has 2 aromatic carbocycles. The van der Waals surface area contributed by atoms with Crippen LogP contribution in [0.2, 0.25) is 0 Å². The Labute approximate surface area is 155 Å². The number of furan rings is 1. The Kier molecular flexibility index (Phi) is 4.24. The van der Waals surface area contributed by atoms with Crippen molar-refractivity contribution in [3.05, 3.63) is 83.6 Å². The van der Waals surface area contributed by atoms with Gasteiger partial charge in [0.25, 0.3) is 5.91 Å². The van der Waals surface area contributed by atoms with Gasteiger partial charge in [0.2, 0.25) is 0 Å². The van der Waals surface area contributed by atoms with Crippen molar-refractivity contribution < 1.29 is 13.6 Å². The average molecular weight is 363 g/mol. The number of rotatable bonds is 4. The van der Waals surface area contributed by atoms with Crippen LogP contribution in [-0.2, 0) is 0 Å².